The van der Waals surface area contributed by atoms with Gasteiger partial charge in [-0.05, 0) is 57.0 Å². The Hall–Kier alpha value is -1.79. The smallest absolute Gasteiger partial charge is 0.319 e. The van der Waals surface area contributed by atoms with Crippen molar-refractivity contribution in [2.75, 3.05) is 39.2 Å². The van der Waals surface area contributed by atoms with Crippen LogP contribution in [0.15, 0.2) is 24.3 Å². The molecular weight excluding hydrogens is 330 g/mol. The average Bonchev–Trinajstić information content (AvgIpc) is 3.07. The lowest BCUT2D eigenvalue weighted by atomic mass is 9.99. The van der Waals surface area contributed by atoms with Gasteiger partial charge in [-0.1, -0.05) is 12.8 Å². The van der Waals surface area contributed by atoms with E-state index in [9.17, 15) is 4.79 Å². The lowest BCUT2D eigenvalue weighted by molar-refractivity contribution is 0.114. The van der Waals surface area contributed by atoms with Crippen LogP contribution in [-0.4, -0.2) is 56.4 Å². The topological polar surface area (TPSA) is 62.8 Å². The predicted molar refractivity (Wildman–Crippen MR) is 103 cm³/mol. The van der Waals surface area contributed by atoms with Crippen molar-refractivity contribution in [3.63, 3.8) is 0 Å². The first-order chi connectivity index (χ1) is 12.6. The quantitative estimate of drug-likeness (QED) is 0.816. The van der Waals surface area contributed by atoms with Crippen molar-refractivity contribution in [1.82, 2.24) is 10.2 Å². The Morgan fingerprint density at radius 3 is 2.46 bits per heavy atom. The maximum Gasteiger partial charge on any atom is 0.319 e. The van der Waals surface area contributed by atoms with Gasteiger partial charge in [0.1, 0.15) is 11.9 Å². The molecule has 1 aromatic carbocycles. The fourth-order valence-corrected chi connectivity index (χ4v) is 3.95. The van der Waals surface area contributed by atoms with Gasteiger partial charge in [-0.2, -0.15) is 0 Å². The minimum Gasteiger partial charge on any atom is -0.490 e. The maximum atomic E-state index is 12.4. The zero-order valence-electron chi connectivity index (χ0n) is 15.9. The van der Waals surface area contributed by atoms with Gasteiger partial charge < -0.3 is 25.0 Å². The van der Waals surface area contributed by atoms with E-state index in [4.69, 9.17) is 9.47 Å². The number of nitrogens with zero attached hydrogens (tertiary/aromatic N) is 1. The van der Waals surface area contributed by atoms with Crippen molar-refractivity contribution in [3.8, 4) is 5.75 Å². The summed E-state index contributed by atoms with van der Waals surface area (Å²) < 4.78 is 11.4. The minimum absolute atomic E-state index is 0.173. The first-order valence-electron chi connectivity index (χ1n) is 9.62. The van der Waals surface area contributed by atoms with E-state index in [1.54, 1.807) is 7.11 Å². The highest BCUT2D eigenvalue weighted by atomic mass is 16.5. The number of piperidine rings is 1. The van der Waals surface area contributed by atoms with Crippen LogP contribution >= 0.6 is 0 Å². The number of amides is 2. The van der Waals surface area contributed by atoms with Crippen molar-refractivity contribution >= 4 is 11.7 Å². The summed E-state index contributed by atoms with van der Waals surface area (Å²) in [5.74, 6) is 0.858. The lowest BCUT2D eigenvalue weighted by Gasteiger charge is -2.30. The monoisotopic (exact) mass is 361 g/mol. The molecule has 1 heterocycles. The summed E-state index contributed by atoms with van der Waals surface area (Å²) in [5, 5.41) is 6.04. The molecule has 0 spiro atoms. The van der Waals surface area contributed by atoms with Crippen molar-refractivity contribution in [2.24, 2.45) is 0 Å². The van der Waals surface area contributed by atoms with Crippen molar-refractivity contribution in [2.45, 2.75) is 50.2 Å². The van der Waals surface area contributed by atoms with Crippen molar-refractivity contribution < 1.29 is 14.3 Å². The summed E-state index contributed by atoms with van der Waals surface area (Å²) in [4.78, 5) is 14.7. The molecule has 2 fully saturated rings. The Morgan fingerprint density at radius 2 is 1.85 bits per heavy atom. The van der Waals surface area contributed by atoms with Crippen LogP contribution in [0.25, 0.3) is 0 Å². The standard InChI is InChI=1S/C20H31N3O3/c1-23-13-9-18(10-14-23)26-17-7-5-16(6-8-17)21-19(24)22-20(15-25-2)11-3-4-12-20/h5-8,18H,3-4,9-15H2,1-2H3,(H2,21,22,24). The van der Waals surface area contributed by atoms with Crippen LogP contribution in [0.5, 0.6) is 5.75 Å². The van der Waals surface area contributed by atoms with Gasteiger partial charge in [0.05, 0.1) is 12.1 Å². The van der Waals surface area contributed by atoms with E-state index in [1.165, 1.54) is 0 Å². The van der Waals surface area contributed by atoms with E-state index in [2.05, 4.69) is 22.6 Å². The SMILES string of the molecule is COCC1(NC(=O)Nc2ccc(OC3CCN(C)CC3)cc2)CCCC1. The van der Waals surface area contributed by atoms with Crippen LogP contribution in [-0.2, 0) is 4.74 Å². The number of nitrogens with one attached hydrogen (secondary N) is 2. The van der Waals surface area contributed by atoms with Gasteiger partial charge in [0.15, 0.2) is 0 Å². The van der Waals surface area contributed by atoms with Gasteiger partial charge in [-0.3, -0.25) is 0 Å². The van der Waals surface area contributed by atoms with Crippen LogP contribution in [0.3, 0.4) is 0 Å². The number of urea groups is 1. The lowest BCUT2D eigenvalue weighted by Crippen LogP contribution is -2.51. The van der Waals surface area contributed by atoms with Crippen LogP contribution < -0.4 is 15.4 Å². The second-order valence-corrected chi connectivity index (χ2v) is 7.64. The number of methoxy groups -OCH3 is 1. The number of carbonyl (C=O) groups excluding carboxylic acids is 1. The molecule has 2 aliphatic rings. The first kappa shape index (κ1) is 19.0. The zero-order chi connectivity index (χ0) is 18.4. The molecule has 0 radical (unpaired) electrons. The third-order valence-electron chi connectivity index (χ3n) is 5.44. The number of hydrogen-bond acceptors (Lipinski definition) is 4. The molecule has 0 bridgehead atoms. The number of likely N-dealkylation sites (tertiary alicyclic amines) is 1. The molecule has 3 rings (SSSR count). The predicted octanol–water partition coefficient (Wildman–Crippen LogP) is 3.24. The molecular formula is C20H31N3O3. The molecule has 1 aliphatic heterocycles. The van der Waals surface area contributed by atoms with E-state index in [0.717, 1.165) is 63.1 Å². The van der Waals surface area contributed by atoms with Crippen molar-refractivity contribution in [3.05, 3.63) is 24.3 Å². The number of carbonyl (C=O) groups is 1. The minimum atomic E-state index is -0.226. The molecule has 2 N–H and O–H groups in total. The van der Waals surface area contributed by atoms with Crippen LogP contribution in [0.4, 0.5) is 10.5 Å². The first-order valence-corrected chi connectivity index (χ1v) is 9.62. The molecule has 6 nitrogen and oxygen atoms in total. The Bertz CT molecular complexity index is 576. The highest BCUT2D eigenvalue weighted by Gasteiger charge is 2.35. The molecule has 1 aliphatic carbocycles. The number of rotatable bonds is 6. The van der Waals surface area contributed by atoms with Gasteiger partial charge >= 0.3 is 6.03 Å². The molecule has 0 unspecified atom stereocenters. The Kier molecular flexibility index (Phi) is 6.38. The fourth-order valence-electron chi connectivity index (χ4n) is 3.95. The summed E-state index contributed by atoms with van der Waals surface area (Å²) in [6.45, 7) is 2.71. The van der Waals surface area contributed by atoms with E-state index in [-0.39, 0.29) is 17.7 Å². The molecule has 26 heavy (non-hydrogen) atoms. The zero-order valence-corrected chi connectivity index (χ0v) is 15.9. The van der Waals surface area contributed by atoms with Crippen LogP contribution in [0.2, 0.25) is 0 Å². The van der Waals surface area contributed by atoms with Gasteiger partial charge in [-0.15, -0.1) is 0 Å². The number of benzene rings is 1. The van der Waals surface area contributed by atoms with Crippen LogP contribution in [0.1, 0.15) is 38.5 Å². The normalized spacial score (nSPS) is 20.7. The maximum absolute atomic E-state index is 12.4. The van der Waals surface area contributed by atoms with E-state index < -0.39 is 0 Å². The molecule has 0 aromatic heterocycles. The molecule has 144 valence electrons. The number of hydrogen-bond donors (Lipinski definition) is 2. The van der Waals surface area contributed by atoms with E-state index >= 15 is 0 Å². The van der Waals surface area contributed by atoms with Gasteiger partial charge in [0.25, 0.3) is 0 Å². The Balaban J connectivity index is 1.49. The summed E-state index contributed by atoms with van der Waals surface area (Å²) >= 11 is 0. The number of ether oxygens (including phenoxy) is 2. The summed E-state index contributed by atoms with van der Waals surface area (Å²) in [5.41, 5.74) is 0.541. The van der Waals surface area contributed by atoms with E-state index in [1.807, 2.05) is 24.3 Å². The molecule has 1 saturated heterocycles. The molecule has 6 heteroatoms. The summed E-state index contributed by atoms with van der Waals surface area (Å²) in [6, 6.07) is 7.46. The van der Waals surface area contributed by atoms with Gasteiger partial charge in [0, 0.05) is 25.9 Å². The van der Waals surface area contributed by atoms with Crippen molar-refractivity contribution in [1.29, 1.82) is 0 Å². The van der Waals surface area contributed by atoms with Crippen LogP contribution in [0, 0.1) is 0 Å². The highest BCUT2D eigenvalue weighted by Crippen LogP contribution is 2.30. The third-order valence-corrected chi connectivity index (χ3v) is 5.44. The molecule has 1 aromatic rings. The molecule has 0 atom stereocenters. The number of anilines is 1. The summed E-state index contributed by atoms with van der Waals surface area (Å²) in [6.07, 6.45) is 6.60. The van der Waals surface area contributed by atoms with Gasteiger partial charge in [0.2, 0.25) is 0 Å². The average molecular weight is 361 g/mol. The largest absolute Gasteiger partial charge is 0.490 e. The fraction of sp³-hybridized carbons (Fsp3) is 0.650. The molecule has 2 amide bonds. The molecule has 1 saturated carbocycles. The highest BCUT2D eigenvalue weighted by molar-refractivity contribution is 5.89. The Morgan fingerprint density at radius 1 is 1.19 bits per heavy atom. The third kappa shape index (κ3) is 5.11. The van der Waals surface area contributed by atoms with Gasteiger partial charge in [-0.25, -0.2) is 4.79 Å². The summed E-state index contributed by atoms with van der Waals surface area (Å²) in [7, 11) is 3.83. The Labute approximate surface area is 156 Å². The second kappa shape index (κ2) is 8.73. The van der Waals surface area contributed by atoms with E-state index in [0.29, 0.717) is 6.61 Å². The second-order valence-electron chi connectivity index (χ2n) is 7.64.